The summed E-state index contributed by atoms with van der Waals surface area (Å²) in [6.07, 6.45) is 6.25. The lowest BCUT2D eigenvalue weighted by Gasteiger charge is -2.46. The number of nitrogens with zero attached hydrogens (tertiary/aromatic N) is 2. The smallest absolute Gasteiger partial charge is 0.253 e. The molecule has 1 spiro atoms. The van der Waals surface area contributed by atoms with E-state index in [0.29, 0.717) is 24.4 Å². The number of carbonyl (C=O) groups excluding carboxylic acids is 1. The summed E-state index contributed by atoms with van der Waals surface area (Å²) in [5.41, 5.74) is 4.45. The monoisotopic (exact) mass is 426 g/mol. The zero-order chi connectivity index (χ0) is 21.7. The van der Waals surface area contributed by atoms with Gasteiger partial charge in [0, 0.05) is 42.0 Å². The van der Waals surface area contributed by atoms with Crippen molar-refractivity contribution in [2.24, 2.45) is 0 Å². The second-order valence-electron chi connectivity index (χ2n) is 8.35. The number of carbonyl (C=O) groups is 1. The van der Waals surface area contributed by atoms with Crippen LogP contribution in [0.2, 0.25) is 0 Å². The maximum absolute atomic E-state index is 13.2. The SMILES string of the molecule is N=COc1ccc2c(c1)NC1(CCN(C(=O)c3ccc4occc4c3)CC1)c1cccn1-2. The first-order valence-corrected chi connectivity index (χ1v) is 10.7. The minimum Gasteiger partial charge on any atom is -0.464 e. The van der Waals surface area contributed by atoms with E-state index in [9.17, 15) is 4.79 Å². The van der Waals surface area contributed by atoms with Crippen molar-refractivity contribution in [2.75, 3.05) is 18.4 Å². The number of ether oxygens (including phenoxy) is 1. The number of hydrogen-bond donors (Lipinski definition) is 2. The van der Waals surface area contributed by atoms with Crippen LogP contribution in [0.4, 0.5) is 5.69 Å². The van der Waals surface area contributed by atoms with Crippen LogP contribution in [0.3, 0.4) is 0 Å². The number of nitrogens with one attached hydrogen (secondary N) is 2. The second kappa shape index (κ2) is 7.02. The van der Waals surface area contributed by atoms with Gasteiger partial charge in [-0.15, -0.1) is 0 Å². The molecule has 32 heavy (non-hydrogen) atoms. The fourth-order valence-electron chi connectivity index (χ4n) is 5.02. The van der Waals surface area contributed by atoms with Crippen molar-refractivity contribution in [3.8, 4) is 11.4 Å². The fourth-order valence-corrected chi connectivity index (χ4v) is 5.02. The number of furan rings is 1. The Morgan fingerprint density at radius 3 is 2.84 bits per heavy atom. The standard InChI is InChI=1S/C25H22N4O3/c26-16-32-19-4-5-21-20(15-19)27-25(23-2-1-10-29(21)23)8-11-28(12-9-25)24(30)18-3-6-22-17(14-18)7-13-31-22/h1-7,10,13-16,26-27H,8-9,11-12H2. The molecule has 0 aliphatic carbocycles. The van der Waals surface area contributed by atoms with E-state index in [0.717, 1.165) is 41.6 Å². The van der Waals surface area contributed by atoms with Gasteiger partial charge in [0.2, 0.25) is 0 Å². The van der Waals surface area contributed by atoms with E-state index in [1.165, 1.54) is 5.69 Å². The maximum atomic E-state index is 13.2. The van der Waals surface area contributed by atoms with E-state index in [1.54, 1.807) is 6.26 Å². The highest BCUT2D eigenvalue weighted by atomic mass is 16.5. The first-order valence-electron chi connectivity index (χ1n) is 10.7. The highest BCUT2D eigenvalue weighted by Gasteiger charge is 2.42. The van der Waals surface area contributed by atoms with Crippen LogP contribution in [-0.2, 0) is 5.54 Å². The predicted molar refractivity (Wildman–Crippen MR) is 122 cm³/mol. The van der Waals surface area contributed by atoms with Gasteiger partial charge in [-0.1, -0.05) is 0 Å². The summed E-state index contributed by atoms with van der Waals surface area (Å²) < 4.78 is 12.9. The van der Waals surface area contributed by atoms with Crippen molar-refractivity contribution in [2.45, 2.75) is 18.4 Å². The topological polar surface area (TPSA) is 83.5 Å². The third-order valence-corrected chi connectivity index (χ3v) is 6.64. The Morgan fingerprint density at radius 2 is 2.00 bits per heavy atom. The highest BCUT2D eigenvalue weighted by Crippen LogP contribution is 2.44. The van der Waals surface area contributed by atoms with Crippen LogP contribution in [-0.4, -0.2) is 34.9 Å². The summed E-state index contributed by atoms with van der Waals surface area (Å²) >= 11 is 0. The van der Waals surface area contributed by atoms with E-state index in [-0.39, 0.29) is 11.4 Å². The lowest BCUT2D eigenvalue weighted by molar-refractivity contribution is 0.0676. The van der Waals surface area contributed by atoms with E-state index >= 15 is 0 Å². The number of likely N-dealkylation sites (tertiary alicyclic amines) is 1. The van der Waals surface area contributed by atoms with Crippen LogP contribution < -0.4 is 10.1 Å². The molecule has 4 heterocycles. The van der Waals surface area contributed by atoms with Gasteiger partial charge >= 0.3 is 0 Å². The summed E-state index contributed by atoms with van der Waals surface area (Å²) in [5.74, 6) is 0.676. The van der Waals surface area contributed by atoms with Crippen LogP contribution >= 0.6 is 0 Å². The van der Waals surface area contributed by atoms with Crippen molar-refractivity contribution >= 4 is 29.0 Å². The van der Waals surface area contributed by atoms with Gasteiger partial charge in [0.25, 0.3) is 5.91 Å². The Labute approximate surface area is 184 Å². The molecular weight excluding hydrogens is 404 g/mol. The minimum absolute atomic E-state index is 0.0520. The van der Waals surface area contributed by atoms with Crippen molar-refractivity contribution in [1.29, 1.82) is 5.41 Å². The molecule has 7 heteroatoms. The van der Waals surface area contributed by atoms with Crippen LogP contribution in [0, 0.1) is 5.41 Å². The molecule has 0 saturated carbocycles. The largest absolute Gasteiger partial charge is 0.464 e. The Hall–Kier alpha value is -4.00. The molecule has 160 valence electrons. The molecule has 4 aromatic rings. The van der Waals surface area contributed by atoms with Gasteiger partial charge in [-0.3, -0.25) is 10.2 Å². The highest BCUT2D eigenvalue weighted by molar-refractivity contribution is 5.97. The molecule has 7 nitrogen and oxygen atoms in total. The molecule has 2 aromatic heterocycles. The average Bonchev–Trinajstić information content (AvgIpc) is 3.49. The van der Waals surface area contributed by atoms with Crippen LogP contribution in [0.5, 0.6) is 5.75 Å². The molecule has 1 saturated heterocycles. The fraction of sp³-hybridized carbons (Fsp3) is 0.200. The van der Waals surface area contributed by atoms with Gasteiger partial charge in [-0.25, -0.2) is 0 Å². The predicted octanol–water partition coefficient (Wildman–Crippen LogP) is 4.77. The molecule has 0 unspecified atom stereocenters. The van der Waals surface area contributed by atoms with Gasteiger partial charge in [0.05, 0.1) is 23.2 Å². The van der Waals surface area contributed by atoms with Crippen molar-refractivity contribution in [3.05, 3.63) is 78.3 Å². The third-order valence-electron chi connectivity index (χ3n) is 6.64. The molecule has 1 amide bonds. The van der Waals surface area contributed by atoms with E-state index in [4.69, 9.17) is 14.6 Å². The Bertz CT molecular complexity index is 1340. The minimum atomic E-state index is -0.259. The van der Waals surface area contributed by atoms with E-state index in [2.05, 4.69) is 28.2 Å². The van der Waals surface area contributed by atoms with Crippen molar-refractivity contribution in [1.82, 2.24) is 9.47 Å². The molecule has 1 fully saturated rings. The zero-order valence-corrected chi connectivity index (χ0v) is 17.4. The summed E-state index contributed by atoms with van der Waals surface area (Å²) in [6, 6.07) is 17.5. The number of piperidine rings is 1. The maximum Gasteiger partial charge on any atom is 0.253 e. The lowest BCUT2D eigenvalue weighted by atomic mass is 9.82. The van der Waals surface area contributed by atoms with Crippen molar-refractivity contribution in [3.63, 3.8) is 0 Å². The van der Waals surface area contributed by atoms with Gasteiger partial charge in [0.15, 0.2) is 6.40 Å². The molecule has 2 aromatic carbocycles. The quantitative estimate of drug-likeness (QED) is 0.365. The number of benzene rings is 2. The normalized spacial score (nSPS) is 16.3. The summed E-state index contributed by atoms with van der Waals surface area (Å²) in [7, 11) is 0. The van der Waals surface area contributed by atoms with E-state index < -0.39 is 0 Å². The third kappa shape index (κ3) is 2.81. The van der Waals surface area contributed by atoms with Gasteiger partial charge in [-0.05, 0) is 61.4 Å². The Kier molecular flexibility index (Phi) is 4.11. The lowest BCUT2D eigenvalue weighted by Crippen LogP contribution is -2.51. The average molecular weight is 426 g/mol. The molecule has 0 atom stereocenters. The van der Waals surface area contributed by atoms with Crippen molar-refractivity contribution < 1.29 is 13.9 Å². The van der Waals surface area contributed by atoms with Gasteiger partial charge < -0.3 is 23.9 Å². The summed E-state index contributed by atoms with van der Waals surface area (Å²) in [6.45, 7) is 1.32. The number of fused-ring (bicyclic) bond motifs is 5. The Balaban J connectivity index is 1.27. The molecule has 2 aliphatic rings. The van der Waals surface area contributed by atoms with E-state index in [1.807, 2.05) is 47.4 Å². The summed E-state index contributed by atoms with van der Waals surface area (Å²) in [4.78, 5) is 15.1. The van der Waals surface area contributed by atoms with Gasteiger partial charge in [0.1, 0.15) is 11.3 Å². The van der Waals surface area contributed by atoms with Crippen LogP contribution in [0.15, 0.2) is 71.5 Å². The number of aromatic nitrogens is 1. The summed E-state index contributed by atoms with van der Waals surface area (Å²) in [5, 5.41) is 11.9. The molecule has 0 radical (unpaired) electrons. The molecule has 2 N–H and O–H groups in total. The second-order valence-corrected chi connectivity index (χ2v) is 8.35. The number of amides is 1. The molecule has 2 aliphatic heterocycles. The molecule has 6 rings (SSSR count). The first kappa shape index (κ1) is 18.7. The number of rotatable bonds is 3. The van der Waals surface area contributed by atoms with Crippen LogP contribution in [0.1, 0.15) is 28.9 Å². The molecular formula is C25H22N4O3. The first-order chi connectivity index (χ1) is 15.7. The zero-order valence-electron chi connectivity index (χ0n) is 17.4. The number of anilines is 1. The number of hydrogen-bond acceptors (Lipinski definition) is 5. The van der Waals surface area contributed by atoms with Gasteiger partial charge in [-0.2, -0.15) is 0 Å². The molecule has 0 bridgehead atoms. The Morgan fingerprint density at radius 1 is 1.12 bits per heavy atom. The van der Waals surface area contributed by atoms with Crippen LogP contribution in [0.25, 0.3) is 16.7 Å².